The molecule has 0 bridgehead atoms. The quantitative estimate of drug-likeness (QED) is 0.836. The van der Waals surface area contributed by atoms with Gasteiger partial charge in [-0.05, 0) is 62.8 Å². The van der Waals surface area contributed by atoms with Crippen LogP contribution in [0.25, 0.3) is 0 Å². The summed E-state index contributed by atoms with van der Waals surface area (Å²) in [6.07, 6.45) is 7.01. The molecule has 1 aliphatic rings. The number of nitrogens with one attached hydrogen (secondary N) is 1. The first-order valence-corrected chi connectivity index (χ1v) is 7.29. The first-order valence-electron chi connectivity index (χ1n) is 7.29. The Hall–Kier alpha value is -1.77. The topological polar surface area (TPSA) is 38.3 Å². The largest absolute Gasteiger partial charge is 0.484 e. The Balaban J connectivity index is 1.75. The summed E-state index contributed by atoms with van der Waals surface area (Å²) < 4.78 is 5.54. The van der Waals surface area contributed by atoms with Crippen LogP contribution in [0.4, 0.5) is 0 Å². The number of carbonyl (C=O) groups excluding carboxylic acids is 1. The molecule has 0 fully saturated rings. The average molecular weight is 273 g/mol. The van der Waals surface area contributed by atoms with Crippen molar-refractivity contribution in [3.05, 3.63) is 41.0 Å². The molecule has 20 heavy (non-hydrogen) atoms. The Morgan fingerprint density at radius 3 is 2.60 bits per heavy atom. The van der Waals surface area contributed by atoms with Crippen molar-refractivity contribution in [3.8, 4) is 5.75 Å². The lowest BCUT2D eigenvalue weighted by Gasteiger charge is -2.14. The number of benzene rings is 1. The number of carbonyl (C=O) groups is 1. The van der Waals surface area contributed by atoms with E-state index >= 15 is 0 Å². The second kappa shape index (κ2) is 7.13. The molecule has 0 unspecified atom stereocenters. The lowest BCUT2D eigenvalue weighted by Crippen LogP contribution is -2.30. The predicted molar refractivity (Wildman–Crippen MR) is 81.0 cm³/mol. The standard InChI is InChI=1S/C17H23NO2/c1-13-8-14(2)10-16(9-13)20-12-17(19)18-11-15-6-4-3-5-7-15/h6,8-10H,3-5,7,11-12H2,1-2H3,(H,18,19). The van der Waals surface area contributed by atoms with Gasteiger partial charge in [-0.1, -0.05) is 17.7 Å². The first-order chi connectivity index (χ1) is 9.63. The summed E-state index contributed by atoms with van der Waals surface area (Å²) in [6, 6.07) is 5.98. The fourth-order valence-electron chi connectivity index (χ4n) is 2.49. The zero-order chi connectivity index (χ0) is 14.4. The third kappa shape index (κ3) is 4.72. The van der Waals surface area contributed by atoms with Gasteiger partial charge in [-0.3, -0.25) is 4.79 Å². The van der Waals surface area contributed by atoms with E-state index < -0.39 is 0 Å². The SMILES string of the molecule is Cc1cc(C)cc(OCC(=O)NCC2=CCCCC2)c1. The molecular formula is C17H23NO2. The van der Waals surface area contributed by atoms with Crippen molar-refractivity contribution in [3.63, 3.8) is 0 Å². The monoisotopic (exact) mass is 273 g/mol. The van der Waals surface area contributed by atoms with Crippen LogP contribution >= 0.6 is 0 Å². The van der Waals surface area contributed by atoms with Gasteiger partial charge in [-0.25, -0.2) is 0 Å². The minimum absolute atomic E-state index is 0.0596. The van der Waals surface area contributed by atoms with Crippen LogP contribution in [0.3, 0.4) is 0 Å². The summed E-state index contributed by atoms with van der Waals surface area (Å²) in [7, 11) is 0. The van der Waals surface area contributed by atoms with E-state index in [1.54, 1.807) is 0 Å². The number of rotatable bonds is 5. The van der Waals surface area contributed by atoms with Crippen LogP contribution in [-0.4, -0.2) is 19.1 Å². The zero-order valence-corrected chi connectivity index (χ0v) is 12.4. The van der Waals surface area contributed by atoms with Crippen molar-refractivity contribution in [2.45, 2.75) is 39.5 Å². The third-order valence-corrected chi connectivity index (χ3v) is 3.46. The van der Waals surface area contributed by atoms with E-state index in [9.17, 15) is 4.79 Å². The van der Waals surface area contributed by atoms with Gasteiger partial charge in [0.25, 0.3) is 5.91 Å². The second-order valence-electron chi connectivity index (χ2n) is 5.50. The van der Waals surface area contributed by atoms with Gasteiger partial charge in [-0.15, -0.1) is 0 Å². The van der Waals surface area contributed by atoms with Crippen LogP contribution in [0.15, 0.2) is 29.8 Å². The highest BCUT2D eigenvalue weighted by Crippen LogP contribution is 2.17. The number of hydrogen-bond donors (Lipinski definition) is 1. The fraction of sp³-hybridized carbons (Fsp3) is 0.471. The van der Waals surface area contributed by atoms with Gasteiger partial charge in [0.05, 0.1) is 0 Å². The highest BCUT2D eigenvalue weighted by molar-refractivity contribution is 5.77. The molecular weight excluding hydrogens is 250 g/mol. The predicted octanol–water partition coefficient (Wildman–Crippen LogP) is 3.30. The highest BCUT2D eigenvalue weighted by atomic mass is 16.5. The van der Waals surface area contributed by atoms with Crippen molar-refractivity contribution in [2.24, 2.45) is 0 Å². The Bertz CT molecular complexity index is 485. The molecule has 0 saturated carbocycles. The average Bonchev–Trinajstić information content (AvgIpc) is 2.43. The van der Waals surface area contributed by atoms with Gasteiger partial charge in [-0.2, -0.15) is 0 Å². The molecule has 0 radical (unpaired) electrons. The molecule has 1 amide bonds. The van der Waals surface area contributed by atoms with E-state index in [2.05, 4.69) is 17.5 Å². The minimum atomic E-state index is -0.0596. The van der Waals surface area contributed by atoms with Crippen LogP contribution in [0.2, 0.25) is 0 Å². The Morgan fingerprint density at radius 2 is 1.95 bits per heavy atom. The second-order valence-corrected chi connectivity index (χ2v) is 5.50. The highest BCUT2D eigenvalue weighted by Gasteiger charge is 2.07. The Labute approximate surface area is 121 Å². The molecule has 1 aromatic rings. The maximum atomic E-state index is 11.8. The fourth-order valence-corrected chi connectivity index (χ4v) is 2.49. The zero-order valence-electron chi connectivity index (χ0n) is 12.4. The molecule has 0 heterocycles. The molecule has 0 atom stereocenters. The van der Waals surface area contributed by atoms with Crippen LogP contribution < -0.4 is 10.1 Å². The maximum Gasteiger partial charge on any atom is 0.258 e. The number of ether oxygens (including phenoxy) is 1. The summed E-state index contributed by atoms with van der Waals surface area (Å²) in [5.41, 5.74) is 3.64. The van der Waals surface area contributed by atoms with Crippen molar-refractivity contribution in [2.75, 3.05) is 13.2 Å². The van der Waals surface area contributed by atoms with E-state index in [-0.39, 0.29) is 12.5 Å². The molecule has 3 heteroatoms. The third-order valence-electron chi connectivity index (χ3n) is 3.46. The van der Waals surface area contributed by atoms with Crippen molar-refractivity contribution >= 4 is 5.91 Å². The maximum absolute atomic E-state index is 11.8. The first kappa shape index (κ1) is 14.6. The number of amides is 1. The van der Waals surface area contributed by atoms with Gasteiger partial charge in [0.2, 0.25) is 0 Å². The van der Waals surface area contributed by atoms with Gasteiger partial charge >= 0.3 is 0 Å². The molecule has 0 aromatic heterocycles. The summed E-state index contributed by atoms with van der Waals surface area (Å²) in [6.45, 7) is 4.79. The number of allylic oxidation sites excluding steroid dienone is 1. The smallest absolute Gasteiger partial charge is 0.258 e. The van der Waals surface area contributed by atoms with Gasteiger partial charge < -0.3 is 10.1 Å². The minimum Gasteiger partial charge on any atom is -0.484 e. The summed E-state index contributed by atoms with van der Waals surface area (Å²) >= 11 is 0. The molecule has 0 aliphatic heterocycles. The van der Waals surface area contributed by atoms with E-state index in [0.29, 0.717) is 6.54 Å². The van der Waals surface area contributed by atoms with Gasteiger partial charge in [0.1, 0.15) is 5.75 Å². The van der Waals surface area contributed by atoms with E-state index in [1.807, 2.05) is 26.0 Å². The van der Waals surface area contributed by atoms with Crippen LogP contribution in [0.1, 0.15) is 36.8 Å². The molecule has 1 N–H and O–H groups in total. The summed E-state index contributed by atoms with van der Waals surface area (Å²) in [5.74, 6) is 0.699. The molecule has 0 spiro atoms. The lowest BCUT2D eigenvalue weighted by atomic mass is 10.00. The normalized spacial score (nSPS) is 14.6. The molecule has 3 nitrogen and oxygen atoms in total. The molecule has 2 rings (SSSR count). The Morgan fingerprint density at radius 1 is 1.20 bits per heavy atom. The molecule has 0 saturated heterocycles. The number of hydrogen-bond acceptors (Lipinski definition) is 2. The Kier molecular flexibility index (Phi) is 5.22. The number of aryl methyl sites for hydroxylation is 2. The van der Waals surface area contributed by atoms with Gasteiger partial charge in [0.15, 0.2) is 6.61 Å². The van der Waals surface area contributed by atoms with Crippen LogP contribution in [0, 0.1) is 13.8 Å². The molecule has 1 aromatic carbocycles. The van der Waals surface area contributed by atoms with Crippen molar-refractivity contribution in [1.29, 1.82) is 0 Å². The molecule has 108 valence electrons. The van der Waals surface area contributed by atoms with Gasteiger partial charge in [0, 0.05) is 6.54 Å². The van der Waals surface area contributed by atoms with Crippen molar-refractivity contribution in [1.82, 2.24) is 5.32 Å². The summed E-state index contributed by atoms with van der Waals surface area (Å²) in [4.78, 5) is 11.8. The molecule has 1 aliphatic carbocycles. The summed E-state index contributed by atoms with van der Waals surface area (Å²) in [5, 5.41) is 2.92. The van der Waals surface area contributed by atoms with Crippen molar-refractivity contribution < 1.29 is 9.53 Å². The van der Waals surface area contributed by atoms with Crippen LogP contribution in [-0.2, 0) is 4.79 Å². The van der Waals surface area contributed by atoms with E-state index in [0.717, 1.165) is 29.7 Å². The van der Waals surface area contributed by atoms with E-state index in [1.165, 1.54) is 18.4 Å². The van der Waals surface area contributed by atoms with Crippen LogP contribution in [0.5, 0.6) is 5.75 Å². The lowest BCUT2D eigenvalue weighted by molar-refractivity contribution is -0.122. The van der Waals surface area contributed by atoms with E-state index in [4.69, 9.17) is 4.74 Å².